The molecule has 1 heterocycles. The van der Waals surface area contributed by atoms with E-state index >= 15 is 0 Å². The van der Waals surface area contributed by atoms with E-state index < -0.39 is 11.9 Å². The van der Waals surface area contributed by atoms with Gasteiger partial charge < -0.3 is 10.6 Å². The zero-order valence-electron chi connectivity index (χ0n) is 16.8. The number of hydrogen-bond donors (Lipinski definition) is 2. The first-order chi connectivity index (χ1) is 15.4. The van der Waals surface area contributed by atoms with Crippen LogP contribution in [0.4, 0.5) is 10.5 Å². The van der Waals surface area contributed by atoms with E-state index in [4.69, 9.17) is 0 Å². The molecule has 0 radical (unpaired) electrons. The fraction of sp³-hybridized carbons (Fsp3) is 0.0833. The highest BCUT2D eigenvalue weighted by molar-refractivity contribution is 9.10. The molecule has 160 valence electrons. The van der Waals surface area contributed by atoms with Gasteiger partial charge in [0.2, 0.25) is 5.91 Å². The van der Waals surface area contributed by atoms with Crippen LogP contribution in [-0.2, 0) is 11.3 Å². The van der Waals surface area contributed by atoms with E-state index in [-0.39, 0.29) is 30.3 Å². The number of hydrogen-bond acceptors (Lipinski definition) is 4. The van der Waals surface area contributed by atoms with Gasteiger partial charge in [0.1, 0.15) is 0 Å². The number of benzene rings is 3. The summed E-state index contributed by atoms with van der Waals surface area (Å²) in [6.07, 6.45) is 0. The molecular formula is C24H18BrN3O4. The van der Waals surface area contributed by atoms with Gasteiger partial charge >= 0.3 is 6.03 Å². The summed E-state index contributed by atoms with van der Waals surface area (Å²) in [7, 11) is 0. The lowest BCUT2D eigenvalue weighted by Gasteiger charge is -2.14. The van der Waals surface area contributed by atoms with E-state index in [1.54, 1.807) is 72.8 Å². The van der Waals surface area contributed by atoms with E-state index in [2.05, 4.69) is 26.6 Å². The largest absolute Gasteiger partial charge is 0.329 e. The fourth-order valence-corrected chi connectivity index (χ4v) is 3.64. The molecule has 0 aliphatic carbocycles. The SMILES string of the molecule is O=C(Nc1cccc(CN2C(=O)CNC2=O)c1)c1ccccc1C(=O)c1ccc(Br)cc1. The molecule has 4 amide bonds. The first-order valence-corrected chi connectivity index (χ1v) is 10.6. The molecule has 32 heavy (non-hydrogen) atoms. The van der Waals surface area contributed by atoms with Gasteiger partial charge in [0.15, 0.2) is 5.78 Å². The number of anilines is 1. The molecular weight excluding hydrogens is 474 g/mol. The van der Waals surface area contributed by atoms with Crippen molar-refractivity contribution in [3.63, 3.8) is 0 Å². The maximum absolute atomic E-state index is 13.0. The summed E-state index contributed by atoms with van der Waals surface area (Å²) in [6, 6.07) is 20.0. The Morgan fingerprint density at radius 1 is 0.938 bits per heavy atom. The number of halogens is 1. The summed E-state index contributed by atoms with van der Waals surface area (Å²) in [6.45, 7) is 0.0887. The first-order valence-electron chi connectivity index (χ1n) is 9.80. The predicted octanol–water partition coefficient (Wildman–Crippen LogP) is 3.98. The van der Waals surface area contributed by atoms with Crippen molar-refractivity contribution in [2.75, 3.05) is 11.9 Å². The molecule has 8 heteroatoms. The normalized spacial score (nSPS) is 13.1. The predicted molar refractivity (Wildman–Crippen MR) is 122 cm³/mol. The first kappa shape index (κ1) is 21.5. The van der Waals surface area contributed by atoms with E-state index in [1.807, 2.05) is 0 Å². The number of urea groups is 1. The van der Waals surface area contributed by atoms with Crippen LogP contribution in [0.25, 0.3) is 0 Å². The highest BCUT2D eigenvalue weighted by Gasteiger charge is 2.28. The average molecular weight is 492 g/mol. The molecule has 1 fully saturated rings. The molecule has 2 N–H and O–H groups in total. The molecule has 3 aromatic carbocycles. The van der Waals surface area contributed by atoms with Crippen molar-refractivity contribution >= 4 is 45.2 Å². The Kier molecular flexibility index (Phi) is 6.13. The van der Waals surface area contributed by atoms with Crippen LogP contribution in [0.15, 0.2) is 77.3 Å². The van der Waals surface area contributed by atoms with Gasteiger partial charge in [0.25, 0.3) is 5.91 Å². The third kappa shape index (κ3) is 4.60. The second kappa shape index (κ2) is 9.15. The van der Waals surface area contributed by atoms with Crippen LogP contribution < -0.4 is 10.6 Å². The molecule has 0 bridgehead atoms. The van der Waals surface area contributed by atoms with Gasteiger partial charge in [-0.05, 0) is 48.0 Å². The number of nitrogens with one attached hydrogen (secondary N) is 2. The van der Waals surface area contributed by atoms with Crippen molar-refractivity contribution in [3.05, 3.63) is 99.5 Å². The summed E-state index contributed by atoms with van der Waals surface area (Å²) in [5, 5.41) is 5.27. The maximum Gasteiger partial charge on any atom is 0.324 e. The minimum absolute atomic E-state index is 0.0154. The zero-order valence-corrected chi connectivity index (χ0v) is 18.4. The lowest BCUT2D eigenvalue weighted by molar-refractivity contribution is -0.125. The Morgan fingerprint density at radius 2 is 1.66 bits per heavy atom. The van der Waals surface area contributed by atoms with Crippen molar-refractivity contribution in [1.29, 1.82) is 0 Å². The molecule has 0 saturated carbocycles. The van der Waals surface area contributed by atoms with E-state index in [1.165, 1.54) is 0 Å². The van der Waals surface area contributed by atoms with Gasteiger partial charge in [-0.25, -0.2) is 4.79 Å². The Hall–Kier alpha value is -3.78. The molecule has 4 rings (SSSR count). The lowest BCUT2D eigenvalue weighted by Crippen LogP contribution is -2.30. The number of nitrogens with zero attached hydrogens (tertiary/aromatic N) is 1. The number of ketones is 1. The Balaban J connectivity index is 1.54. The Bertz CT molecular complexity index is 1210. The molecule has 1 aliphatic heterocycles. The van der Waals surface area contributed by atoms with E-state index in [9.17, 15) is 19.2 Å². The van der Waals surface area contributed by atoms with Crippen molar-refractivity contribution in [3.8, 4) is 0 Å². The van der Waals surface area contributed by atoms with Crippen molar-refractivity contribution in [1.82, 2.24) is 10.2 Å². The third-order valence-corrected chi connectivity index (χ3v) is 5.51. The van der Waals surface area contributed by atoms with Crippen LogP contribution in [0.3, 0.4) is 0 Å². The maximum atomic E-state index is 13.0. The highest BCUT2D eigenvalue weighted by atomic mass is 79.9. The van der Waals surface area contributed by atoms with Gasteiger partial charge in [0.05, 0.1) is 18.7 Å². The second-order valence-corrected chi connectivity index (χ2v) is 8.09. The minimum atomic E-state index is -0.440. The van der Waals surface area contributed by atoms with E-state index in [0.29, 0.717) is 22.4 Å². The number of amides is 4. The molecule has 0 atom stereocenters. The van der Waals surface area contributed by atoms with Gasteiger partial charge in [0, 0.05) is 21.3 Å². The molecule has 3 aromatic rings. The summed E-state index contributed by atoms with van der Waals surface area (Å²) in [5.41, 5.74) is 2.20. The lowest BCUT2D eigenvalue weighted by atomic mass is 9.98. The fourth-order valence-electron chi connectivity index (χ4n) is 3.38. The number of imide groups is 1. The summed E-state index contributed by atoms with van der Waals surface area (Å²) >= 11 is 3.35. The van der Waals surface area contributed by atoms with Crippen LogP contribution in [0.1, 0.15) is 31.8 Å². The molecule has 1 saturated heterocycles. The van der Waals surface area contributed by atoms with Gasteiger partial charge in [-0.3, -0.25) is 19.3 Å². The quantitative estimate of drug-likeness (QED) is 0.402. The molecule has 0 spiro atoms. The summed E-state index contributed by atoms with van der Waals surface area (Å²) in [5.74, 6) is -0.987. The van der Waals surface area contributed by atoms with Crippen LogP contribution in [-0.4, -0.2) is 35.1 Å². The smallest absolute Gasteiger partial charge is 0.324 e. The molecule has 0 aromatic heterocycles. The van der Waals surface area contributed by atoms with Crippen molar-refractivity contribution in [2.45, 2.75) is 6.54 Å². The van der Waals surface area contributed by atoms with Gasteiger partial charge in [-0.2, -0.15) is 0 Å². The van der Waals surface area contributed by atoms with Gasteiger partial charge in [-0.1, -0.05) is 46.3 Å². The Labute approximate surface area is 192 Å². The van der Waals surface area contributed by atoms with Crippen molar-refractivity contribution < 1.29 is 19.2 Å². The third-order valence-electron chi connectivity index (χ3n) is 4.99. The Morgan fingerprint density at radius 3 is 2.34 bits per heavy atom. The standard InChI is InChI=1S/C24H18BrN3O4/c25-17-10-8-16(9-11-17)22(30)19-6-1-2-7-20(19)23(31)27-18-5-3-4-15(12-18)14-28-21(29)13-26-24(28)32/h1-12H,13-14H2,(H,26,32)(H,27,31). The summed E-state index contributed by atoms with van der Waals surface area (Å²) < 4.78 is 0.855. The summed E-state index contributed by atoms with van der Waals surface area (Å²) in [4.78, 5) is 50.7. The van der Waals surface area contributed by atoms with Gasteiger partial charge in [-0.15, -0.1) is 0 Å². The van der Waals surface area contributed by atoms with Crippen LogP contribution in [0.5, 0.6) is 0 Å². The monoisotopic (exact) mass is 491 g/mol. The van der Waals surface area contributed by atoms with E-state index in [0.717, 1.165) is 9.37 Å². The van der Waals surface area contributed by atoms with Crippen molar-refractivity contribution in [2.24, 2.45) is 0 Å². The molecule has 1 aliphatic rings. The average Bonchev–Trinajstić information content (AvgIpc) is 3.11. The number of carbonyl (C=O) groups is 4. The molecule has 0 unspecified atom stereocenters. The molecule has 7 nitrogen and oxygen atoms in total. The number of rotatable bonds is 6. The highest BCUT2D eigenvalue weighted by Crippen LogP contribution is 2.20. The van der Waals surface area contributed by atoms with Crippen LogP contribution >= 0.6 is 15.9 Å². The topological polar surface area (TPSA) is 95.6 Å². The second-order valence-electron chi connectivity index (χ2n) is 7.17. The minimum Gasteiger partial charge on any atom is -0.329 e. The van der Waals surface area contributed by atoms with Crippen LogP contribution in [0, 0.1) is 0 Å². The van der Waals surface area contributed by atoms with Crippen LogP contribution in [0.2, 0.25) is 0 Å². The zero-order chi connectivity index (χ0) is 22.7. The number of carbonyl (C=O) groups excluding carboxylic acids is 4.